The summed E-state index contributed by atoms with van der Waals surface area (Å²) in [5, 5.41) is 14.4. The fraction of sp³-hybridized carbons (Fsp3) is 0.118. The molecular weight excluding hydrogens is 282 g/mol. The van der Waals surface area contributed by atoms with Crippen LogP contribution in [0.15, 0.2) is 42.6 Å². The summed E-state index contributed by atoms with van der Waals surface area (Å²) in [7, 11) is 0. The zero-order valence-corrected chi connectivity index (χ0v) is 12.3. The van der Waals surface area contributed by atoms with Crippen molar-refractivity contribution < 1.29 is 0 Å². The molecule has 0 aliphatic carbocycles. The Morgan fingerprint density at radius 1 is 1.29 bits per heavy atom. The van der Waals surface area contributed by atoms with Gasteiger partial charge in [0.2, 0.25) is 0 Å². The first-order valence-electron chi connectivity index (χ1n) is 6.68. The predicted octanol–water partition coefficient (Wildman–Crippen LogP) is 4.61. The van der Waals surface area contributed by atoms with E-state index in [0.717, 1.165) is 27.7 Å². The molecule has 3 aromatic rings. The van der Waals surface area contributed by atoms with E-state index < -0.39 is 0 Å². The van der Waals surface area contributed by atoms with Crippen molar-refractivity contribution >= 4 is 28.2 Å². The van der Waals surface area contributed by atoms with E-state index in [1.165, 1.54) is 0 Å². The topological polar surface area (TPSA) is 51.6 Å². The second-order valence-corrected chi connectivity index (χ2v) is 5.40. The highest BCUT2D eigenvalue weighted by atomic mass is 35.5. The van der Waals surface area contributed by atoms with Gasteiger partial charge in [-0.1, -0.05) is 29.8 Å². The molecule has 104 valence electrons. The zero-order valence-electron chi connectivity index (χ0n) is 11.6. The summed E-state index contributed by atoms with van der Waals surface area (Å²) in [6.07, 6.45) is 1.97. The first-order chi connectivity index (χ1) is 10.2. The molecule has 0 unspecified atom stereocenters. The van der Waals surface area contributed by atoms with Gasteiger partial charge < -0.3 is 10.3 Å². The van der Waals surface area contributed by atoms with Gasteiger partial charge in [0.15, 0.2) is 0 Å². The molecule has 0 saturated heterocycles. The first kappa shape index (κ1) is 13.5. The lowest BCUT2D eigenvalue weighted by Gasteiger charge is -2.09. The van der Waals surface area contributed by atoms with Gasteiger partial charge >= 0.3 is 0 Å². The quantitative estimate of drug-likeness (QED) is 0.741. The van der Waals surface area contributed by atoms with Gasteiger partial charge in [-0.25, -0.2) is 0 Å². The highest BCUT2D eigenvalue weighted by Gasteiger charge is 2.07. The third-order valence-corrected chi connectivity index (χ3v) is 3.82. The van der Waals surface area contributed by atoms with Crippen LogP contribution in [0, 0.1) is 18.3 Å². The lowest BCUT2D eigenvalue weighted by Crippen LogP contribution is -2.01. The minimum absolute atomic E-state index is 0.653. The Hall–Kier alpha value is -2.44. The number of halogens is 1. The highest BCUT2D eigenvalue weighted by molar-refractivity contribution is 6.31. The third kappa shape index (κ3) is 2.58. The molecule has 21 heavy (non-hydrogen) atoms. The van der Waals surface area contributed by atoms with Crippen molar-refractivity contribution in [3.8, 4) is 6.07 Å². The van der Waals surface area contributed by atoms with Crippen molar-refractivity contribution in [1.82, 2.24) is 4.98 Å². The Morgan fingerprint density at radius 3 is 2.95 bits per heavy atom. The van der Waals surface area contributed by atoms with Crippen LogP contribution >= 0.6 is 11.6 Å². The molecule has 1 aromatic heterocycles. The van der Waals surface area contributed by atoms with Crippen molar-refractivity contribution in [2.45, 2.75) is 13.5 Å². The normalized spacial score (nSPS) is 10.5. The average molecular weight is 296 g/mol. The van der Waals surface area contributed by atoms with E-state index in [9.17, 15) is 5.26 Å². The summed E-state index contributed by atoms with van der Waals surface area (Å²) in [4.78, 5) is 3.22. The Balaban J connectivity index is 1.88. The van der Waals surface area contributed by atoms with E-state index in [4.69, 9.17) is 11.6 Å². The molecule has 0 fully saturated rings. The number of aromatic nitrogens is 1. The van der Waals surface area contributed by atoms with Crippen molar-refractivity contribution in [2.24, 2.45) is 0 Å². The molecule has 0 atom stereocenters. The zero-order chi connectivity index (χ0) is 14.8. The number of hydrogen-bond donors (Lipinski definition) is 2. The van der Waals surface area contributed by atoms with Crippen LogP contribution in [0.1, 0.15) is 16.7 Å². The summed E-state index contributed by atoms with van der Waals surface area (Å²) in [5.41, 5.74) is 4.70. The minimum Gasteiger partial charge on any atom is -0.380 e. The van der Waals surface area contributed by atoms with Crippen LogP contribution in [0.25, 0.3) is 10.9 Å². The van der Waals surface area contributed by atoms with E-state index in [-0.39, 0.29) is 0 Å². The molecular formula is C17H14ClN3. The van der Waals surface area contributed by atoms with Crippen LogP contribution in [0.5, 0.6) is 0 Å². The van der Waals surface area contributed by atoms with Crippen LogP contribution in [0.3, 0.4) is 0 Å². The van der Waals surface area contributed by atoms with Crippen LogP contribution in [0.2, 0.25) is 5.02 Å². The lowest BCUT2D eigenvalue weighted by molar-refractivity contribution is 1.15. The summed E-state index contributed by atoms with van der Waals surface area (Å²) in [6, 6.07) is 13.9. The van der Waals surface area contributed by atoms with Gasteiger partial charge in [-0.05, 0) is 36.2 Å². The maximum atomic E-state index is 9.25. The molecule has 0 aliphatic heterocycles. The summed E-state index contributed by atoms with van der Waals surface area (Å²) >= 11 is 5.99. The number of fused-ring (bicyclic) bond motifs is 1. The Kier molecular flexibility index (Phi) is 3.55. The maximum absolute atomic E-state index is 9.25. The molecule has 0 amide bonds. The van der Waals surface area contributed by atoms with Gasteiger partial charge in [0.1, 0.15) is 6.07 Å². The van der Waals surface area contributed by atoms with E-state index in [1.807, 2.05) is 49.5 Å². The fourth-order valence-corrected chi connectivity index (χ4v) is 2.63. The summed E-state index contributed by atoms with van der Waals surface area (Å²) in [5.74, 6) is 0. The molecule has 3 rings (SSSR count). The molecule has 0 spiro atoms. The number of rotatable bonds is 3. The van der Waals surface area contributed by atoms with E-state index in [2.05, 4.69) is 16.4 Å². The lowest BCUT2D eigenvalue weighted by atomic mass is 10.1. The Labute approximate surface area is 128 Å². The monoisotopic (exact) mass is 295 g/mol. The van der Waals surface area contributed by atoms with Crippen molar-refractivity contribution in [1.29, 1.82) is 5.26 Å². The second-order valence-electron chi connectivity index (χ2n) is 4.97. The van der Waals surface area contributed by atoms with Crippen molar-refractivity contribution in [3.05, 3.63) is 64.3 Å². The van der Waals surface area contributed by atoms with Crippen molar-refractivity contribution in [2.75, 3.05) is 5.32 Å². The van der Waals surface area contributed by atoms with E-state index in [0.29, 0.717) is 17.1 Å². The Morgan fingerprint density at radius 2 is 2.14 bits per heavy atom. The van der Waals surface area contributed by atoms with Crippen molar-refractivity contribution in [3.63, 3.8) is 0 Å². The molecule has 2 N–H and O–H groups in total. The summed E-state index contributed by atoms with van der Waals surface area (Å²) < 4.78 is 0. The average Bonchev–Trinajstić information content (AvgIpc) is 2.87. The number of H-pyrrole nitrogens is 1. The molecule has 1 heterocycles. The highest BCUT2D eigenvalue weighted by Crippen LogP contribution is 2.24. The number of nitriles is 1. The van der Waals surface area contributed by atoms with Crippen LogP contribution in [-0.2, 0) is 6.54 Å². The standard InChI is InChI=1S/C17H14ClN3/c1-11-3-2-4-16(15(11)8-19)20-9-12-10-21-17-7-13(18)5-6-14(12)17/h2-7,10,20-21H,9H2,1H3. The van der Waals surface area contributed by atoms with Gasteiger partial charge in [-0.2, -0.15) is 5.26 Å². The summed E-state index contributed by atoms with van der Waals surface area (Å²) in [6.45, 7) is 2.59. The minimum atomic E-state index is 0.653. The van der Waals surface area contributed by atoms with Crippen LogP contribution in [-0.4, -0.2) is 4.98 Å². The number of nitrogens with zero attached hydrogens (tertiary/aromatic N) is 1. The molecule has 3 nitrogen and oxygen atoms in total. The smallest absolute Gasteiger partial charge is 0.102 e. The SMILES string of the molecule is Cc1cccc(NCc2c[nH]c3cc(Cl)ccc23)c1C#N. The van der Waals surface area contributed by atoms with Crippen LogP contribution < -0.4 is 5.32 Å². The predicted molar refractivity (Wildman–Crippen MR) is 86.5 cm³/mol. The molecule has 4 heteroatoms. The third-order valence-electron chi connectivity index (χ3n) is 3.58. The maximum Gasteiger partial charge on any atom is 0.102 e. The number of hydrogen-bond acceptors (Lipinski definition) is 2. The van der Waals surface area contributed by atoms with Gasteiger partial charge in [-0.3, -0.25) is 0 Å². The molecule has 2 aromatic carbocycles. The molecule has 0 radical (unpaired) electrons. The van der Waals surface area contributed by atoms with Gasteiger partial charge in [-0.15, -0.1) is 0 Å². The molecule has 0 bridgehead atoms. The number of aromatic amines is 1. The number of nitrogens with one attached hydrogen (secondary N) is 2. The molecule has 0 saturated carbocycles. The number of aryl methyl sites for hydroxylation is 1. The largest absolute Gasteiger partial charge is 0.380 e. The fourth-order valence-electron chi connectivity index (χ4n) is 2.46. The van der Waals surface area contributed by atoms with Crippen LogP contribution in [0.4, 0.5) is 5.69 Å². The second kappa shape index (κ2) is 5.51. The van der Waals surface area contributed by atoms with Gasteiger partial charge in [0, 0.05) is 28.7 Å². The molecule has 0 aliphatic rings. The van der Waals surface area contributed by atoms with Gasteiger partial charge in [0.05, 0.1) is 11.3 Å². The number of benzene rings is 2. The van der Waals surface area contributed by atoms with E-state index in [1.54, 1.807) is 0 Å². The number of anilines is 1. The first-order valence-corrected chi connectivity index (χ1v) is 7.06. The Bertz CT molecular complexity index is 843. The van der Waals surface area contributed by atoms with Gasteiger partial charge in [0.25, 0.3) is 0 Å². The van der Waals surface area contributed by atoms with E-state index >= 15 is 0 Å².